The molecule has 1 aromatic carbocycles. The van der Waals surface area contributed by atoms with E-state index in [0.717, 1.165) is 10.7 Å². The van der Waals surface area contributed by atoms with Gasteiger partial charge >= 0.3 is 0 Å². The number of benzene rings is 1. The van der Waals surface area contributed by atoms with Gasteiger partial charge in [0, 0.05) is 10.6 Å². The summed E-state index contributed by atoms with van der Waals surface area (Å²) in [6, 6.07) is 8.50. The highest BCUT2D eigenvalue weighted by Gasteiger charge is 2.07. The molecule has 0 spiro atoms. The molecule has 0 aliphatic rings. The topological polar surface area (TPSA) is 43.1 Å². The van der Waals surface area contributed by atoms with Crippen LogP contribution >= 0.6 is 11.8 Å². The van der Waals surface area contributed by atoms with Gasteiger partial charge in [0.05, 0.1) is 0 Å². The monoisotopic (exact) mass is 270 g/mol. The van der Waals surface area contributed by atoms with Crippen LogP contribution < -0.4 is 0 Å². The summed E-state index contributed by atoms with van der Waals surface area (Å²) < 4.78 is 1.77. The molecular weight excluding hydrogens is 256 g/mol. The van der Waals surface area contributed by atoms with E-state index in [1.807, 2.05) is 13.0 Å². The molecule has 0 saturated heterocycles. The SMILES string of the molecule is Cc1cc(Sc2ccc(C)c(C)c2)n2ncnc2n1. The lowest BCUT2D eigenvalue weighted by Gasteiger charge is -2.07. The van der Waals surface area contributed by atoms with Crippen LogP contribution in [0.3, 0.4) is 0 Å². The van der Waals surface area contributed by atoms with E-state index in [2.05, 4.69) is 47.1 Å². The molecule has 0 aliphatic carbocycles. The third kappa shape index (κ3) is 2.33. The second-order valence-corrected chi connectivity index (χ2v) is 5.65. The highest BCUT2D eigenvalue weighted by atomic mass is 32.2. The van der Waals surface area contributed by atoms with Gasteiger partial charge in [0.15, 0.2) is 0 Å². The van der Waals surface area contributed by atoms with Gasteiger partial charge in [-0.3, -0.25) is 0 Å². The molecule has 0 saturated carbocycles. The lowest BCUT2D eigenvalue weighted by Crippen LogP contribution is -1.97. The van der Waals surface area contributed by atoms with Crippen molar-refractivity contribution in [2.45, 2.75) is 30.7 Å². The molecule has 96 valence electrons. The normalized spacial score (nSPS) is 11.1. The van der Waals surface area contributed by atoms with Crippen LogP contribution in [-0.2, 0) is 0 Å². The van der Waals surface area contributed by atoms with Crippen LogP contribution in [0.4, 0.5) is 0 Å². The van der Waals surface area contributed by atoms with E-state index in [1.165, 1.54) is 22.3 Å². The maximum atomic E-state index is 4.35. The van der Waals surface area contributed by atoms with E-state index in [0.29, 0.717) is 5.78 Å². The average molecular weight is 270 g/mol. The first kappa shape index (κ1) is 12.2. The Kier molecular flexibility index (Phi) is 2.98. The van der Waals surface area contributed by atoms with Crippen LogP contribution in [0.1, 0.15) is 16.8 Å². The number of fused-ring (bicyclic) bond motifs is 1. The van der Waals surface area contributed by atoms with Gasteiger partial charge in [-0.15, -0.1) is 0 Å². The summed E-state index contributed by atoms with van der Waals surface area (Å²) >= 11 is 1.68. The first-order chi connectivity index (χ1) is 9.13. The number of hydrogen-bond acceptors (Lipinski definition) is 4. The van der Waals surface area contributed by atoms with E-state index in [1.54, 1.807) is 16.3 Å². The zero-order valence-electron chi connectivity index (χ0n) is 11.1. The van der Waals surface area contributed by atoms with Gasteiger partial charge in [0.25, 0.3) is 5.78 Å². The maximum Gasteiger partial charge on any atom is 0.253 e. The van der Waals surface area contributed by atoms with Crippen LogP contribution in [0.2, 0.25) is 0 Å². The predicted molar refractivity (Wildman–Crippen MR) is 75.6 cm³/mol. The van der Waals surface area contributed by atoms with Crippen molar-refractivity contribution in [2.75, 3.05) is 0 Å². The minimum atomic E-state index is 0.645. The fraction of sp³-hybridized carbons (Fsp3) is 0.214. The molecular formula is C14H14N4S. The Morgan fingerprint density at radius 3 is 2.68 bits per heavy atom. The smallest absolute Gasteiger partial charge is 0.216 e. The number of hydrogen-bond donors (Lipinski definition) is 0. The lowest BCUT2D eigenvalue weighted by atomic mass is 10.1. The van der Waals surface area contributed by atoms with Crippen molar-refractivity contribution < 1.29 is 0 Å². The molecule has 4 nitrogen and oxygen atoms in total. The molecule has 2 aromatic heterocycles. The van der Waals surface area contributed by atoms with Crippen LogP contribution in [0.15, 0.2) is 40.5 Å². The van der Waals surface area contributed by atoms with E-state index in [9.17, 15) is 0 Å². The predicted octanol–water partition coefficient (Wildman–Crippen LogP) is 3.20. The first-order valence-corrected chi connectivity index (χ1v) is 6.87. The first-order valence-electron chi connectivity index (χ1n) is 6.06. The molecule has 0 bridgehead atoms. The van der Waals surface area contributed by atoms with E-state index >= 15 is 0 Å². The Morgan fingerprint density at radius 1 is 1.05 bits per heavy atom. The molecule has 0 radical (unpaired) electrons. The Bertz CT molecular complexity index is 748. The van der Waals surface area contributed by atoms with Crippen LogP contribution in [0, 0.1) is 20.8 Å². The molecule has 0 atom stereocenters. The third-order valence-electron chi connectivity index (χ3n) is 3.05. The van der Waals surface area contributed by atoms with Gasteiger partial charge in [0.1, 0.15) is 11.4 Å². The third-order valence-corrected chi connectivity index (χ3v) is 4.04. The van der Waals surface area contributed by atoms with Gasteiger partial charge in [-0.25, -0.2) is 4.98 Å². The zero-order valence-corrected chi connectivity index (χ0v) is 11.9. The van der Waals surface area contributed by atoms with Crippen LogP contribution in [-0.4, -0.2) is 19.6 Å². The second-order valence-electron chi connectivity index (χ2n) is 4.56. The van der Waals surface area contributed by atoms with Crippen molar-refractivity contribution in [3.63, 3.8) is 0 Å². The standard InChI is InChI=1S/C14H14N4S/c1-9-4-5-12(6-10(9)2)19-13-7-11(3)17-14-15-8-16-18(13)14/h4-8H,1-3H3. The van der Waals surface area contributed by atoms with E-state index in [-0.39, 0.29) is 0 Å². The molecule has 3 aromatic rings. The molecule has 3 rings (SSSR count). The molecule has 0 amide bonds. The number of rotatable bonds is 2. The molecule has 0 fully saturated rings. The van der Waals surface area contributed by atoms with Crippen LogP contribution in [0.25, 0.3) is 5.78 Å². The van der Waals surface area contributed by atoms with Gasteiger partial charge in [-0.2, -0.15) is 14.6 Å². The fourth-order valence-electron chi connectivity index (χ4n) is 1.87. The summed E-state index contributed by atoms with van der Waals surface area (Å²) in [5.74, 6) is 0.645. The van der Waals surface area contributed by atoms with Crippen molar-refractivity contribution in [1.29, 1.82) is 0 Å². The highest BCUT2D eigenvalue weighted by Crippen LogP contribution is 2.29. The fourth-order valence-corrected chi connectivity index (χ4v) is 2.93. The van der Waals surface area contributed by atoms with Crippen molar-refractivity contribution in [2.24, 2.45) is 0 Å². The molecule has 2 heterocycles. The van der Waals surface area contributed by atoms with Gasteiger partial charge in [-0.05, 0) is 50.1 Å². The summed E-state index contributed by atoms with van der Waals surface area (Å²) in [5.41, 5.74) is 3.55. The van der Waals surface area contributed by atoms with Crippen LogP contribution in [0.5, 0.6) is 0 Å². The minimum Gasteiger partial charge on any atom is -0.216 e. The summed E-state index contributed by atoms with van der Waals surface area (Å²) in [7, 11) is 0. The number of nitrogens with zero attached hydrogens (tertiary/aromatic N) is 4. The highest BCUT2D eigenvalue weighted by molar-refractivity contribution is 7.99. The van der Waals surface area contributed by atoms with Crippen molar-refractivity contribution in [1.82, 2.24) is 19.6 Å². The summed E-state index contributed by atoms with van der Waals surface area (Å²) in [6.45, 7) is 6.22. The van der Waals surface area contributed by atoms with E-state index in [4.69, 9.17) is 0 Å². The average Bonchev–Trinajstić information content (AvgIpc) is 2.82. The summed E-state index contributed by atoms with van der Waals surface area (Å²) in [6.07, 6.45) is 1.53. The zero-order chi connectivity index (χ0) is 13.4. The number of aryl methyl sites for hydroxylation is 3. The molecule has 0 N–H and O–H groups in total. The van der Waals surface area contributed by atoms with Crippen molar-refractivity contribution >= 4 is 17.5 Å². The largest absolute Gasteiger partial charge is 0.253 e. The maximum absolute atomic E-state index is 4.35. The molecule has 19 heavy (non-hydrogen) atoms. The van der Waals surface area contributed by atoms with E-state index < -0.39 is 0 Å². The Hall–Kier alpha value is -1.88. The quantitative estimate of drug-likeness (QED) is 0.671. The second kappa shape index (κ2) is 4.66. The molecule has 0 aliphatic heterocycles. The van der Waals surface area contributed by atoms with Crippen molar-refractivity contribution in [3.8, 4) is 0 Å². The van der Waals surface area contributed by atoms with Gasteiger partial charge in [0.2, 0.25) is 0 Å². The Balaban J connectivity index is 2.04. The van der Waals surface area contributed by atoms with Gasteiger partial charge < -0.3 is 0 Å². The Labute approximate surface area is 115 Å². The lowest BCUT2D eigenvalue weighted by molar-refractivity contribution is 0.833. The van der Waals surface area contributed by atoms with Gasteiger partial charge in [-0.1, -0.05) is 17.8 Å². The summed E-state index contributed by atoms with van der Waals surface area (Å²) in [5, 5.41) is 5.25. The number of aromatic nitrogens is 4. The Morgan fingerprint density at radius 2 is 1.89 bits per heavy atom. The molecule has 5 heteroatoms. The van der Waals surface area contributed by atoms with Crippen molar-refractivity contribution in [3.05, 3.63) is 47.4 Å². The minimum absolute atomic E-state index is 0.645. The summed E-state index contributed by atoms with van der Waals surface area (Å²) in [4.78, 5) is 9.69. The molecule has 0 unspecified atom stereocenters.